The average Bonchev–Trinajstić information content (AvgIpc) is 2.38. The normalized spacial score (nSPS) is 16.8. The van der Waals surface area contributed by atoms with Crippen molar-refractivity contribution in [3.05, 3.63) is 29.8 Å². The van der Waals surface area contributed by atoms with Crippen molar-refractivity contribution in [1.82, 2.24) is 4.90 Å². The highest BCUT2D eigenvalue weighted by atomic mass is 127. The third-order valence-electron chi connectivity index (χ3n) is 3.86. The van der Waals surface area contributed by atoms with Crippen LogP contribution in [0.3, 0.4) is 0 Å². The number of halogens is 3. The van der Waals surface area contributed by atoms with E-state index in [0.717, 1.165) is 35.8 Å². The van der Waals surface area contributed by atoms with Gasteiger partial charge in [0.25, 0.3) is 0 Å². The van der Waals surface area contributed by atoms with Gasteiger partial charge in [0, 0.05) is 11.8 Å². The van der Waals surface area contributed by atoms with E-state index in [1.165, 1.54) is 0 Å². The molecule has 124 valence electrons. The highest BCUT2D eigenvalue weighted by Crippen LogP contribution is 2.15. The summed E-state index contributed by atoms with van der Waals surface area (Å²) in [5.41, 5.74) is 0.107. The van der Waals surface area contributed by atoms with E-state index in [1.54, 1.807) is 4.90 Å². The Morgan fingerprint density at radius 1 is 1.27 bits per heavy atom. The fraction of sp³-hybridized carbons (Fsp3) is 0.500. The summed E-state index contributed by atoms with van der Waals surface area (Å²) in [5.74, 6) is -1.45. The minimum Gasteiger partial charge on any atom is -1.00 e. The van der Waals surface area contributed by atoms with Gasteiger partial charge in [-0.1, -0.05) is 0 Å². The monoisotopic (exact) mass is 427 g/mol. The van der Waals surface area contributed by atoms with Crippen molar-refractivity contribution in [2.45, 2.75) is 0 Å². The van der Waals surface area contributed by atoms with E-state index in [1.807, 2.05) is 7.05 Å². The van der Waals surface area contributed by atoms with Crippen molar-refractivity contribution < 1.29 is 47.1 Å². The predicted molar refractivity (Wildman–Crippen MR) is 74.8 cm³/mol. The first-order valence-corrected chi connectivity index (χ1v) is 6.88. The van der Waals surface area contributed by atoms with Crippen LogP contribution in [0.2, 0.25) is 0 Å². The second-order valence-corrected chi connectivity index (χ2v) is 5.59. The van der Waals surface area contributed by atoms with Crippen LogP contribution in [0.15, 0.2) is 18.2 Å². The third kappa shape index (κ3) is 5.03. The predicted octanol–water partition coefficient (Wildman–Crippen LogP) is -1.74. The van der Waals surface area contributed by atoms with Crippen molar-refractivity contribution >= 4 is 11.7 Å². The summed E-state index contributed by atoms with van der Waals surface area (Å²) in [6, 6.07) is 2.55. The molecule has 0 spiro atoms. The van der Waals surface area contributed by atoms with E-state index in [4.69, 9.17) is 5.11 Å². The number of likely N-dealkylation sites (N-methyl/N-ethyl adjacent to an activating group) is 1. The van der Waals surface area contributed by atoms with Crippen LogP contribution in [0.4, 0.5) is 19.3 Å². The van der Waals surface area contributed by atoms with Gasteiger partial charge in [0.1, 0.15) is 18.2 Å². The first-order valence-electron chi connectivity index (χ1n) is 6.88. The number of quaternary nitrogens is 1. The lowest BCUT2D eigenvalue weighted by Gasteiger charge is -2.41. The molecular formula is C14H20F2IN3O2. The third-order valence-corrected chi connectivity index (χ3v) is 3.86. The molecule has 1 fully saturated rings. The minimum absolute atomic E-state index is 0. The summed E-state index contributed by atoms with van der Waals surface area (Å²) in [7, 11) is 2.04. The van der Waals surface area contributed by atoms with Crippen LogP contribution in [0.5, 0.6) is 0 Å². The zero-order chi connectivity index (χ0) is 15.5. The molecule has 2 amide bonds. The SMILES string of the molecule is C[N+]1(CCO)CCN(C(=O)Nc2cc(F)cc(F)c2)CC1.[I-]. The standard InChI is InChI=1S/C14H19F2N3O2.HI/c1-19(6-7-20)4-2-18(3-5-19)14(21)17-13-9-11(15)8-12(16)10-13;/h8-10,20H,2-7H2,1H3;1H. The lowest BCUT2D eigenvalue weighted by molar-refractivity contribution is -0.913. The molecule has 0 radical (unpaired) electrons. The molecule has 2 N–H and O–H groups in total. The van der Waals surface area contributed by atoms with Crippen LogP contribution in [0.25, 0.3) is 0 Å². The first-order chi connectivity index (χ1) is 9.92. The Balaban J connectivity index is 0.00000242. The quantitative estimate of drug-likeness (QED) is 0.445. The summed E-state index contributed by atoms with van der Waals surface area (Å²) < 4.78 is 26.9. The number of benzene rings is 1. The van der Waals surface area contributed by atoms with Gasteiger partial charge in [0.2, 0.25) is 0 Å². The van der Waals surface area contributed by atoms with E-state index >= 15 is 0 Å². The van der Waals surface area contributed by atoms with Crippen molar-refractivity contribution in [3.63, 3.8) is 0 Å². The summed E-state index contributed by atoms with van der Waals surface area (Å²) in [4.78, 5) is 13.7. The number of rotatable bonds is 3. The molecule has 0 atom stereocenters. The van der Waals surface area contributed by atoms with Crippen LogP contribution < -0.4 is 29.3 Å². The number of amides is 2. The number of aliphatic hydroxyl groups excluding tert-OH is 1. The Kier molecular flexibility index (Phi) is 6.95. The zero-order valence-corrected chi connectivity index (χ0v) is 14.5. The maximum absolute atomic E-state index is 13.1. The second-order valence-electron chi connectivity index (χ2n) is 5.59. The van der Waals surface area contributed by atoms with Crippen molar-refractivity contribution in [1.29, 1.82) is 0 Å². The average molecular weight is 427 g/mol. The summed E-state index contributed by atoms with van der Waals surface area (Å²) in [6.45, 7) is 3.34. The highest BCUT2D eigenvalue weighted by molar-refractivity contribution is 5.89. The summed E-state index contributed by atoms with van der Waals surface area (Å²) >= 11 is 0. The molecule has 0 aromatic heterocycles. The lowest BCUT2D eigenvalue weighted by atomic mass is 10.2. The van der Waals surface area contributed by atoms with Crippen molar-refractivity contribution in [2.75, 3.05) is 51.7 Å². The second kappa shape index (κ2) is 8.02. The van der Waals surface area contributed by atoms with E-state index in [-0.39, 0.29) is 42.3 Å². The lowest BCUT2D eigenvalue weighted by Crippen LogP contribution is -3.00. The van der Waals surface area contributed by atoms with Gasteiger partial charge < -0.3 is 43.8 Å². The Hall–Kier alpha value is -1.00. The molecule has 22 heavy (non-hydrogen) atoms. The molecule has 5 nitrogen and oxygen atoms in total. The fourth-order valence-corrected chi connectivity index (χ4v) is 2.44. The number of aliphatic hydroxyl groups is 1. The molecule has 0 aliphatic carbocycles. The Morgan fingerprint density at radius 3 is 2.32 bits per heavy atom. The summed E-state index contributed by atoms with van der Waals surface area (Å²) in [5, 5.41) is 11.5. The fourth-order valence-electron chi connectivity index (χ4n) is 2.44. The number of piperazine rings is 1. The minimum atomic E-state index is -0.726. The maximum atomic E-state index is 13.1. The van der Waals surface area contributed by atoms with Crippen molar-refractivity contribution in [2.24, 2.45) is 0 Å². The van der Waals surface area contributed by atoms with Gasteiger partial charge >= 0.3 is 6.03 Å². The van der Waals surface area contributed by atoms with Gasteiger partial charge in [-0.25, -0.2) is 13.6 Å². The van der Waals surface area contributed by atoms with E-state index in [0.29, 0.717) is 19.6 Å². The molecule has 1 aromatic rings. The van der Waals surface area contributed by atoms with Crippen LogP contribution in [-0.4, -0.2) is 66.9 Å². The van der Waals surface area contributed by atoms with Gasteiger partial charge in [0.15, 0.2) is 0 Å². The van der Waals surface area contributed by atoms with Gasteiger partial charge in [0.05, 0.1) is 39.8 Å². The number of carbonyl (C=O) groups excluding carboxylic acids is 1. The number of hydrogen-bond donors (Lipinski definition) is 2. The number of urea groups is 1. The van der Waals surface area contributed by atoms with Crippen LogP contribution in [0, 0.1) is 11.6 Å². The molecule has 1 saturated heterocycles. The zero-order valence-electron chi connectivity index (χ0n) is 12.4. The van der Waals surface area contributed by atoms with Crippen LogP contribution >= 0.6 is 0 Å². The van der Waals surface area contributed by atoms with Crippen LogP contribution in [0.1, 0.15) is 0 Å². The van der Waals surface area contributed by atoms with E-state index in [9.17, 15) is 13.6 Å². The molecule has 1 aliphatic heterocycles. The maximum Gasteiger partial charge on any atom is 0.322 e. The molecule has 1 aliphatic rings. The Labute approximate surface area is 145 Å². The van der Waals surface area contributed by atoms with Gasteiger partial charge in [-0.3, -0.25) is 0 Å². The molecule has 0 saturated carbocycles. The Bertz CT molecular complexity index is 503. The highest BCUT2D eigenvalue weighted by Gasteiger charge is 2.30. The largest absolute Gasteiger partial charge is 1.00 e. The molecule has 0 bridgehead atoms. The number of anilines is 1. The number of nitrogens with one attached hydrogen (secondary N) is 1. The number of hydrogen-bond acceptors (Lipinski definition) is 2. The van der Waals surface area contributed by atoms with Gasteiger partial charge in [-0.05, 0) is 12.1 Å². The van der Waals surface area contributed by atoms with Gasteiger partial charge in [-0.2, -0.15) is 0 Å². The molecule has 8 heteroatoms. The number of carbonyl (C=O) groups is 1. The first kappa shape index (κ1) is 19.0. The molecule has 0 unspecified atom stereocenters. The van der Waals surface area contributed by atoms with Gasteiger partial charge in [-0.15, -0.1) is 0 Å². The topological polar surface area (TPSA) is 52.6 Å². The molecule has 2 rings (SSSR count). The van der Waals surface area contributed by atoms with E-state index < -0.39 is 11.6 Å². The summed E-state index contributed by atoms with van der Waals surface area (Å²) in [6.07, 6.45) is 0. The molecule has 1 heterocycles. The smallest absolute Gasteiger partial charge is 0.322 e. The number of nitrogens with zero attached hydrogens (tertiary/aromatic N) is 2. The molecule has 1 aromatic carbocycles. The Morgan fingerprint density at radius 2 is 1.82 bits per heavy atom. The van der Waals surface area contributed by atoms with Crippen LogP contribution in [-0.2, 0) is 0 Å². The van der Waals surface area contributed by atoms with Crippen molar-refractivity contribution in [3.8, 4) is 0 Å². The molecular weight excluding hydrogens is 407 g/mol. The van der Waals surface area contributed by atoms with E-state index in [2.05, 4.69) is 5.32 Å².